The second-order valence-electron chi connectivity index (χ2n) is 39.7. The molecule has 16 rings (SSSR count). The van der Waals surface area contributed by atoms with Crippen LogP contribution in [0.3, 0.4) is 0 Å². The van der Waals surface area contributed by atoms with Gasteiger partial charge in [-0.05, 0) is 157 Å². The quantitative estimate of drug-likeness (QED) is 0.0215. The number of likely N-dealkylation sites (tertiary alicyclic amines) is 2. The summed E-state index contributed by atoms with van der Waals surface area (Å²) in [5.41, 5.74) is -0.222. The maximum Gasteiger partial charge on any atom is 0.312 e. The van der Waals surface area contributed by atoms with E-state index < -0.39 is 81.7 Å². The molecule has 4 aromatic heterocycles. The minimum Gasteiger partial charge on any atom is -0.490 e. The van der Waals surface area contributed by atoms with Crippen molar-refractivity contribution in [3.05, 3.63) is 57.2 Å². The van der Waals surface area contributed by atoms with Crippen LogP contribution in [0.25, 0.3) is 44.6 Å². The van der Waals surface area contributed by atoms with E-state index >= 15 is 0 Å². The molecule has 6 aromatic rings. The third-order valence-corrected chi connectivity index (χ3v) is 30.0. The number of carboxylic acids is 1. The molecule has 0 bridgehead atoms. The molecule has 6 aliphatic carbocycles. The van der Waals surface area contributed by atoms with Crippen molar-refractivity contribution >= 4 is 125 Å². The lowest BCUT2D eigenvalue weighted by Gasteiger charge is -2.35. The highest BCUT2D eigenvalue weighted by Crippen LogP contribution is 2.60. The summed E-state index contributed by atoms with van der Waals surface area (Å²) in [5.74, 6) is -0.744. The predicted octanol–water partition coefficient (Wildman–Crippen LogP) is 15.2. The number of likely N-dealkylation sites (N-methyl/N-ethyl adjacent to an activating group) is 1. The number of pyridine rings is 2. The summed E-state index contributed by atoms with van der Waals surface area (Å²) < 4.78 is 54.7. The number of esters is 3. The first-order chi connectivity index (χ1) is 60.0. The number of rotatable bonds is 34. The zero-order valence-electron chi connectivity index (χ0n) is 75.0. The molecule has 2 aromatic carbocycles. The Morgan fingerprint density at radius 1 is 0.587 bits per heavy atom. The van der Waals surface area contributed by atoms with Gasteiger partial charge in [-0.2, -0.15) is 0 Å². The first kappa shape index (κ1) is 92.6. The summed E-state index contributed by atoms with van der Waals surface area (Å²) in [6.07, 6.45) is 6.52. The van der Waals surface area contributed by atoms with Crippen molar-refractivity contribution in [1.29, 1.82) is 0 Å². The van der Waals surface area contributed by atoms with Gasteiger partial charge < -0.3 is 73.5 Å². The summed E-state index contributed by atoms with van der Waals surface area (Å²) in [5, 5.41) is 27.5. The number of thiazole rings is 2. The van der Waals surface area contributed by atoms with Crippen LogP contribution in [0.5, 0.6) is 23.0 Å². The fraction of sp³-hybridized carbons (Fsp3) is 0.660. The molecular formula is C94H124Cl2N10O18S2. The molecule has 4 saturated heterocycles. The SMILES string of the molecule is CC[C@@H]1C[C@]1(CC(=O)[C@@H]1C[C@@H](Oc2cc(-c3csc(NC(C)C)n3)nc3c(Cl)c(OC[C@@H]4COCCN4)ccc23)CN1C(=O)[C@@H](CC(=O)OC1C[C@@H]2C[C@@H]2C1)C(C)(C)C)C(=O)OC.CC[C@@H]1C[C@]1(CC(=O)[C@@H]1C[C@@H](Oc2cc(-c3csc(NC(C)C)n3)nc3c(Cl)c(OC[C@@H]4COCCN4C)ccc23)CN1C(=O)[C@@H](CC(=O)OC1C[C@@H]2C[C@@H]2C1)C(C)(C)C)C(=O)O. The van der Waals surface area contributed by atoms with E-state index in [9.17, 15) is 43.5 Å². The second kappa shape index (κ2) is 38.1. The lowest BCUT2D eigenvalue weighted by molar-refractivity contribution is -0.157. The highest BCUT2D eigenvalue weighted by atomic mass is 35.5. The molecule has 6 saturated carbocycles. The van der Waals surface area contributed by atoms with Gasteiger partial charge in [-0.15, -0.1) is 22.7 Å². The van der Waals surface area contributed by atoms with E-state index in [2.05, 4.69) is 20.9 Å². The van der Waals surface area contributed by atoms with Crippen LogP contribution in [0.2, 0.25) is 10.0 Å². The number of carboxylic acid groups (broad SMARTS) is 1. The van der Waals surface area contributed by atoms with E-state index in [1.807, 2.05) is 119 Å². The maximum absolute atomic E-state index is 15.0. The summed E-state index contributed by atoms with van der Waals surface area (Å²) in [6.45, 7) is 28.4. The van der Waals surface area contributed by atoms with E-state index in [0.717, 1.165) is 55.5 Å². The van der Waals surface area contributed by atoms with Crippen LogP contribution in [0.15, 0.2) is 47.2 Å². The van der Waals surface area contributed by atoms with E-state index in [-0.39, 0.29) is 123 Å². The van der Waals surface area contributed by atoms with Crippen molar-refractivity contribution in [3.63, 3.8) is 0 Å². The minimum atomic E-state index is -1.16. The number of nitrogens with zero attached hydrogens (tertiary/aromatic N) is 7. The van der Waals surface area contributed by atoms with Crippen LogP contribution in [0, 0.1) is 69.0 Å². The predicted molar refractivity (Wildman–Crippen MR) is 480 cm³/mol. The van der Waals surface area contributed by atoms with Gasteiger partial charge in [0.25, 0.3) is 0 Å². The number of carbonyl (C=O) groups excluding carboxylic acids is 7. The molecule has 684 valence electrons. The first-order valence-electron chi connectivity index (χ1n) is 45.3. The Balaban J connectivity index is 0.000000194. The number of amides is 2. The van der Waals surface area contributed by atoms with Gasteiger partial charge in [0.2, 0.25) is 11.8 Å². The average Bonchev–Trinajstić information content (AvgIpc) is 1.59. The number of methoxy groups -OCH3 is 1. The standard InChI is InChI=1S/2C47H62ClN5O9S/c1-8-28-19-47(28,44(57)58)20-37(54)36-16-31(21-53(36)43(56)33(46(4,5)6)17-40(55)62-30-14-26-13-27(26)15-30)61-39-18-34(35-24-63-45(51-35)49-25(2)3)50-42-32(39)9-10-38(41(42)48)60-23-29-22-59-12-11-52(29)7;1-8-28-19-47(28,44(57)58-7)20-37(54)36-16-31(21-53(36)43(56)33(46(4,5)6)17-40(55)62-30-14-26-13-27(26)15-30)61-39-18-34(35-24-63-45(52-35)50-25(2)3)51-42-32(39)9-10-38(41(42)48)60-23-29-22-59-12-11-49-29/h9-10,18,24-31,33,36H,8,11-17,19-23H2,1-7H3,(H,49,51)(H,57,58);9-10,18,24-31,33,36,49H,8,11-17,19-23H2,1-7H3,(H,50,52)/t2*26-,27+,28-,29+,30?,31-,33-,36+,47-/m11/s1. The van der Waals surface area contributed by atoms with Crippen LogP contribution in [-0.4, -0.2) is 228 Å². The van der Waals surface area contributed by atoms with E-state index in [1.165, 1.54) is 42.6 Å². The molecule has 28 nitrogen and oxygen atoms in total. The van der Waals surface area contributed by atoms with Gasteiger partial charge >= 0.3 is 23.9 Å². The molecule has 0 spiro atoms. The normalized spacial score (nSPS) is 28.3. The molecule has 2 unspecified atom stereocenters. The fourth-order valence-corrected chi connectivity index (χ4v) is 22.2. The monoisotopic (exact) mass is 1810 g/mol. The van der Waals surface area contributed by atoms with Crippen LogP contribution < -0.4 is 34.9 Å². The molecule has 8 heterocycles. The van der Waals surface area contributed by atoms with Crippen molar-refractivity contribution in [3.8, 4) is 45.8 Å². The number of hydrogen-bond donors (Lipinski definition) is 4. The van der Waals surface area contributed by atoms with Crippen LogP contribution in [-0.2, 0) is 62.0 Å². The van der Waals surface area contributed by atoms with E-state index in [0.29, 0.717) is 160 Å². The van der Waals surface area contributed by atoms with Crippen molar-refractivity contribution in [2.75, 3.05) is 90.6 Å². The number of aliphatic carboxylic acids is 1. The lowest BCUT2D eigenvalue weighted by Crippen LogP contribution is -2.48. The highest BCUT2D eigenvalue weighted by Gasteiger charge is 2.63. The zero-order valence-corrected chi connectivity index (χ0v) is 78.1. The van der Waals surface area contributed by atoms with E-state index in [4.69, 9.17) is 85.8 Å². The van der Waals surface area contributed by atoms with Crippen molar-refractivity contribution in [1.82, 2.24) is 40.0 Å². The Bertz CT molecular complexity index is 5030. The van der Waals surface area contributed by atoms with Gasteiger partial charge in [0.05, 0.1) is 129 Å². The summed E-state index contributed by atoms with van der Waals surface area (Å²) in [7, 11) is 3.39. The highest BCUT2D eigenvalue weighted by molar-refractivity contribution is 7.14. The molecule has 4 N–H and O–H groups in total. The van der Waals surface area contributed by atoms with Crippen LogP contribution in [0.1, 0.15) is 186 Å². The number of halogens is 2. The largest absolute Gasteiger partial charge is 0.490 e. The van der Waals surface area contributed by atoms with Gasteiger partial charge in [0.1, 0.15) is 82.1 Å². The third-order valence-electron chi connectivity index (χ3n) is 27.7. The van der Waals surface area contributed by atoms with Gasteiger partial charge in [-0.25, -0.2) is 19.9 Å². The van der Waals surface area contributed by atoms with E-state index in [1.54, 1.807) is 28.0 Å². The van der Waals surface area contributed by atoms with Crippen LogP contribution >= 0.6 is 45.9 Å². The Kier molecular flexibility index (Phi) is 28.0. The Hall–Kier alpha value is -8.10. The number of aromatic nitrogens is 4. The lowest BCUT2D eigenvalue weighted by atomic mass is 9.77. The summed E-state index contributed by atoms with van der Waals surface area (Å²) in [4.78, 5) is 137. The molecule has 32 heteroatoms. The first-order valence-corrected chi connectivity index (χ1v) is 47.8. The number of nitrogens with one attached hydrogen (secondary N) is 3. The Morgan fingerprint density at radius 2 is 1.04 bits per heavy atom. The topological polar surface area (TPSA) is 337 Å². The maximum atomic E-state index is 15.0. The zero-order chi connectivity index (χ0) is 89.8. The number of benzene rings is 2. The second-order valence-corrected chi connectivity index (χ2v) is 42.2. The number of ether oxygens (including phenoxy) is 9. The molecule has 0 radical (unpaired) electrons. The van der Waals surface area contributed by atoms with Crippen molar-refractivity contribution in [2.45, 2.75) is 246 Å². The number of Topliss-reactive ketones (excluding diaryl/α,β-unsaturated/α-hetero) is 2. The molecule has 4 aliphatic heterocycles. The number of morpholine rings is 2. The number of hydrogen-bond acceptors (Lipinski definition) is 27. The smallest absolute Gasteiger partial charge is 0.312 e. The molecule has 2 amide bonds. The molecule has 10 aliphatic rings. The van der Waals surface area contributed by atoms with Gasteiger partial charge in [0, 0.05) is 84.5 Å². The minimum absolute atomic E-state index is 0.00542. The molecule has 10 fully saturated rings. The average molecular weight is 1820 g/mol. The summed E-state index contributed by atoms with van der Waals surface area (Å²) in [6, 6.07) is 9.45. The number of ketones is 2. The van der Waals surface area contributed by atoms with Gasteiger partial charge in [-0.1, -0.05) is 91.4 Å². The Morgan fingerprint density at radius 3 is 1.45 bits per heavy atom. The molecular weight excluding hydrogens is 1690 g/mol. The third kappa shape index (κ3) is 20.8. The van der Waals surface area contributed by atoms with Crippen LogP contribution in [0.4, 0.5) is 10.3 Å². The van der Waals surface area contributed by atoms with Gasteiger partial charge in [-0.3, -0.25) is 43.3 Å². The molecule has 126 heavy (non-hydrogen) atoms. The molecule has 18 atom stereocenters. The number of fused-ring (bicyclic) bond motifs is 4. The van der Waals surface area contributed by atoms with Crippen molar-refractivity contribution in [2.24, 2.45) is 69.0 Å². The summed E-state index contributed by atoms with van der Waals surface area (Å²) >= 11 is 17.2. The number of anilines is 2. The van der Waals surface area contributed by atoms with Crippen molar-refractivity contribution < 1.29 is 86.1 Å². The Labute approximate surface area is 755 Å². The number of carbonyl (C=O) groups is 8. The fourth-order valence-electron chi connectivity index (χ4n) is 20.0. The van der Waals surface area contributed by atoms with Gasteiger partial charge in [0.15, 0.2) is 21.8 Å².